The van der Waals surface area contributed by atoms with Gasteiger partial charge < -0.3 is 15.6 Å². The number of anilines is 1. The van der Waals surface area contributed by atoms with Crippen molar-refractivity contribution in [3.63, 3.8) is 0 Å². The summed E-state index contributed by atoms with van der Waals surface area (Å²) < 4.78 is 2.18. The number of primary amides is 1. The quantitative estimate of drug-likeness (QED) is 0.898. The molecule has 2 rings (SSSR count). The SMILES string of the molecule is Cc1cc(C(N)=O)ccc1NCc1cc(C)n(C)c1C. The Kier molecular flexibility index (Phi) is 3.84. The van der Waals surface area contributed by atoms with Crippen LogP contribution in [0, 0.1) is 20.8 Å². The zero-order valence-electron chi connectivity index (χ0n) is 12.4. The van der Waals surface area contributed by atoms with Crippen LogP contribution in [-0.2, 0) is 13.6 Å². The third-order valence-electron chi connectivity index (χ3n) is 3.86. The van der Waals surface area contributed by atoms with Gasteiger partial charge in [-0.3, -0.25) is 4.79 Å². The van der Waals surface area contributed by atoms with E-state index in [9.17, 15) is 4.79 Å². The smallest absolute Gasteiger partial charge is 0.248 e. The zero-order valence-corrected chi connectivity index (χ0v) is 12.4. The van der Waals surface area contributed by atoms with Crippen molar-refractivity contribution in [2.45, 2.75) is 27.3 Å². The second-order valence-corrected chi connectivity index (χ2v) is 5.20. The fraction of sp³-hybridized carbons (Fsp3) is 0.312. The number of carbonyl (C=O) groups excluding carboxylic acids is 1. The Labute approximate surface area is 119 Å². The Morgan fingerprint density at radius 1 is 1.25 bits per heavy atom. The monoisotopic (exact) mass is 271 g/mol. The number of benzene rings is 1. The summed E-state index contributed by atoms with van der Waals surface area (Å²) in [5, 5.41) is 3.41. The highest BCUT2D eigenvalue weighted by Crippen LogP contribution is 2.19. The van der Waals surface area contributed by atoms with E-state index in [0.29, 0.717) is 5.56 Å². The summed E-state index contributed by atoms with van der Waals surface area (Å²) in [5.74, 6) is -0.394. The van der Waals surface area contributed by atoms with Crippen molar-refractivity contribution in [1.29, 1.82) is 0 Å². The highest BCUT2D eigenvalue weighted by molar-refractivity contribution is 5.93. The lowest BCUT2D eigenvalue weighted by Gasteiger charge is -2.10. The molecular formula is C16H21N3O. The average molecular weight is 271 g/mol. The number of nitrogens with zero attached hydrogens (tertiary/aromatic N) is 1. The molecule has 106 valence electrons. The standard InChI is InChI=1S/C16H21N3O/c1-10-7-13(16(17)20)5-6-15(10)18-9-14-8-11(2)19(4)12(14)3/h5-8,18H,9H2,1-4H3,(H2,17,20). The number of nitrogens with one attached hydrogen (secondary N) is 1. The summed E-state index contributed by atoms with van der Waals surface area (Å²) >= 11 is 0. The molecule has 4 heteroatoms. The fourth-order valence-corrected chi connectivity index (χ4v) is 2.32. The van der Waals surface area contributed by atoms with Crippen LogP contribution in [0.25, 0.3) is 0 Å². The third kappa shape index (κ3) is 2.69. The van der Waals surface area contributed by atoms with Crippen LogP contribution in [0.1, 0.15) is 32.9 Å². The molecule has 1 amide bonds. The lowest BCUT2D eigenvalue weighted by Crippen LogP contribution is -2.11. The summed E-state index contributed by atoms with van der Waals surface area (Å²) in [6, 6.07) is 7.66. The summed E-state index contributed by atoms with van der Waals surface area (Å²) in [5.41, 5.74) is 11.7. The van der Waals surface area contributed by atoms with Crippen molar-refractivity contribution in [1.82, 2.24) is 4.57 Å². The molecule has 0 fully saturated rings. The number of aryl methyl sites for hydroxylation is 2. The molecule has 20 heavy (non-hydrogen) atoms. The number of nitrogens with two attached hydrogens (primary N) is 1. The van der Waals surface area contributed by atoms with Crippen molar-refractivity contribution < 1.29 is 4.79 Å². The Morgan fingerprint density at radius 2 is 1.95 bits per heavy atom. The maximum atomic E-state index is 11.1. The van der Waals surface area contributed by atoms with E-state index in [2.05, 4.69) is 36.8 Å². The van der Waals surface area contributed by atoms with Gasteiger partial charge in [0.25, 0.3) is 0 Å². The Balaban J connectivity index is 2.15. The van der Waals surface area contributed by atoms with Gasteiger partial charge in [-0.05, 0) is 56.2 Å². The lowest BCUT2D eigenvalue weighted by molar-refractivity contribution is 0.1000. The maximum Gasteiger partial charge on any atom is 0.248 e. The third-order valence-corrected chi connectivity index (χ3v) is 3.86. The maximum absolute atomic E-state index is 11.1. The van der Waals surface area contributed by atoms with Crippen molar-refractivity contribution >= 4 is 11.6 Å². The van der Waals surface area contributed by atoms with Gasteiger partial charge in [0.15, 0.2) is 0 Å². The summed E-state index contributed by atoms with van der Waals surface area (Å²) in [4.78, 5) is 11.1. The molecule has 4 nitrogen and oxygen atoms in total. The predicted octanol–water partition coefficient (Wildman–Crippen LogP) is 2.66. The van der Waals surface area contributed by atoms with Crippen LogP contribution in [-0.4, -0.2) is 10.5 Å². The van der Waals surface area contributed by atoms with Gasteiger partial charge in [-0.1, -0.05) is 0 Å². The molecule has 3 N–H and O–H groups in total. The Bertz CT molecular complexity index is 656. The van der Waals surface area contributed by atoms with Gasteiger partial charge in [0, 0.05) is 36.2 Å². The normalized spacial score (nSPS) is 10.6. The van der Waals surface area contributed by atoms with Crippen molar-refractivity contribution in [3.05, 3.63) is 52.3 Å². The molecule has 0 radical (unpaired) electrons. The second-order valence-electron chi connectivity index (χ2n) is 5.20. The molecule has 0 aliphatic carbocycles. The molecule has 0 aliphatic rings. The average Bonchev–Trinajstić information content (AvgIpc) is 2.64. The van der Waals surface area contributed by atoms with E-state index in [1.54, 1.807) is 6.07 Å². The molecule has 2 aromatic rings. The number of rotatable bonds is 4. The second kappa shape index (κ2) is 5.41. The van der Waals surface area contributed by atoms with Gasteiger partial charge in [-0.15, -0.1) is 0 Å². The molecule has 0 saturated carbocycles. The van der Waals surface area contributed by atoms with Crippen LogP contribution >= 0.6 is 0 Å². The van der Waals surface area contributed by atoms with Crippen LogP contribution < -0.4 is 11.1 Å². The summed E-state index contributed by atoms with van der Waals surface area (Å²) in [6.07, 6.45) is 0. The number of aromatic nitrogens is 1. The number of carbonyl (C=O) groups is 1. The van der Waals surface area contributed by atoms with E-state index < -0.39 is 5.91 Å². The molecule has 0 spiro atoms. The Hall–Kier alpha value is -2.23. The lowest BCUT2D eigenvalue weighted by atomic mass is 10.1. The molecule has 0 bridgehead atoms. The van der Waals surface area contributed by atoms with Gasteiger partial charge in [0.1, 0.15) is 0 Å². The van der Waals surface area contributed by atoms with E-state index in [1.807, 2.05) is 19.1 Å². The van der Waals surface area contributed by atoms with Crippen LogP contribution in [0.3, 0.4) is 0 Å². The van der Waals surface area contributed by atoms with E-state index in [1.165, 1.54) is 17.0 Å². The predicted molar refractivity (Wildman–Crippen MR) is 81.9 cm³/mol. The minimum Gasteiger partial charge on any atom is -0.381 e. The van der Waals surface area contributed by atoms with Crippen molar-refractivity contribution in [2.24, 2.45) is 12.8 Å². The van der Waals surface area contributed by atoms with E-state index in [0.717, 1.165) is 17.8 Å². The van der Waals surface area contributed by atoms with Crippen LogP contribution in [0.5, 0.6) is 0 Å². The largest absolute Gasteiger partial charge is 0.381 e. The van der Waals surface area contributed by atoms with Crippen LogP contribution in [0.15, 0.2) is 24.3 Å². The van der Waals surface area contributed by atoms with Crippen molar-refractivity contribution in [2.75, 3.05) is 5.32 Å². The first-order valence-corrected chi connectivity index (χ1v) is 6.66. The van der Waals surface area contributed by atoms with E-state index in [4.69, 9.17) is 5.73 Å². The summed E-state index contributed by atoms with van der Waals surface area (Å²) in [6.45, 7) is 6.96. The van der Waals surface area contributed by atoms with Gasteiger partial charge in [0.05, 0.1) is 0 Å². The van der Waals surface area contributed by atoms with Crippen LogP contribution in [0.2, 0.25) is 0 Å². The highest BCUT2D eigenvalue weighted by atomic mass is 16.1. The van der Waals surface area contributed by atoms with E-state index >= 15 is 0 Å². The first kappa shape index (κ1) is 14.2. The van der Waals surface area contributed by atoms with Crippen LogP contribution in [0.4, 0.5) is 5.69 Å². The van der Waals surface area contributed by atoms with Gasteiger partial charge in [-0.25, -0.2) is 0 Å². The first-order chi connectivity index (χ1) is 9.40. The molecule has 1 heterocycles. The molecular weight excluding hydrogens is 250 g/mol. The number of hydrogen-bond donors (Lipinski definition) is 2. The minimum absolute atomic E-state index is 0.394. The first-order valence-electron chi connectivity index (χ1n) is 6.66. The molecule has 0 saturated heterocycles. The zero-order chi connectivity index (χ0) is 14.9. The molecule has 1 aromatic heterocycles. The highest BCUT2D eigenvalue weighted by Gasteiger charge is 2.07. The summed E-state index contributed by atoms with van der Waals surface area (Å²) in [7, 11) is 2.07. The topological polar surface area (TPSA) is 60.1 Å². The minimum atomic E-state index is -0.394. The number of hydrogen-bond acceptors (Lipinski definition) is 2. The van der Waals surface area contributed by atoms with Gasteiger partial charge in [0.2, 0.25) is 5.91 Å². The van der Waals surface area contributed by atoms with Gasteiger partial charge >= 0.3 is 0 Å². The molecule has 0 unspecified atom stereocenters. The van der Waals surface area contributed by atoms with E-state index in [-0.39, 0.29) is 0 Å². The van der Waals surface area contributed by atoms with Gasteiger partial charge in [-0.2, -0.15) is 0 Å². The fourth-order valence-electron chi connectivity index (χ4n) is 2.32. The Morgan fingerprint density at radius 3 is 2.45 bits per heavy atom. The molecule has 0 atom stereocenters. The molecule has 1 aromatic carbocycles. The molecule has 0 aliphatic heterocycles. The number of amides is 1. The van der Waals surface area contributed by atoms with Crippen molar-refractivity contribution in [3.8, 4) is 0 Å².